The first-order valence-corrected chi connectivity index (χ1v) is 5.90. The lowest BCUT2D eigenvalue weighted by molar-refractivity contribution is 0.0997. The molecule has 0 aromatic heterocycles. The average molecular weight is 265 g/mol. The molecule has 0 aliphatic carbocycles. The lowest BCUT2D eigenvalue weighted by Gasteiger charge is -2.10. The van der Waals surface area contributed by atoms with Crippen LogP contribution in [0.3, 0.4) is 0 Å². The van der Waals surface area contributed by atoms with Gasteiger partial charge in [-0.05, 0) is 12.1 Å². The first kappa shape index (κ1) is 12.8. The van der Waals surface area contributed by atoms with Gasteiger partial charge < -0.3 is 10.5 Å². The van der Waals surface area contributed by atoms with Gasteiger partial charge in [0.05, 0.1) is 12.7 Å². The van der Waals surface area contributed by atoms with E-state index in [0.717, 1.165) is 6.07 Å². The van der Waals surface area contributed by atoms with Crippen molar-refractivity contribution in [3.05, 3.63) is 22.7 Å². The lowest BCUT2D eigenvalue weighted by Crippen LogP contribution is -2.18. The fourth-order valence-corrected chi connectivity index (χ4v) is 2.20. The normalized spacial score (nSPS) is 11.2. The van der Waals surface area contributed by atoms with E-state index in [1.807, 2.05) is 0 Å². The zero-order valence-electron chi connectivity index (χ0n) is 8.23. The van der Waals surface area contributed by atoms with Crippen LogP contribution >= 0.6 is 11.6 Å². The number of ether oxygens (including phenoxy) is 1. The van der Waals surface area contributed by atoms with Crippen LogP contribution in [0.15, 0.2) is 17.0 Å². The molecule has 1 aromatic rings. The fraction of sp³-hybridized carbons (Fsp3) is 0.125. The molecule has 0 unspecified atom stereocenters. The predicted molar refractivity (Wildman–Crippen MR) is 57.9 cm³/mol. The molecule has 0 radical (unpaired) electrons. The van der Waals surface area contributed by atoms with Gasteiger partial charge in [0.25, 0.3) is 5.91 Å². The number of methoxy groups -OCH3 is 1. The maximum Gasteiger partial charge on any atom is 0.252 e. The Balaban J connectivity index is 3.68. The molecule has 0 atom stereocenters. The van der Waals surface area contributed by atoms with Gasteiger partial charge >= 0.3 is 0 Å². The van der Waals surface area contributed by atoms with Crippen LogP contribution in [0.4, 0.5) is 0 Å². The minimum absolute atomic E-state index is 0.0265. The van der Waals surface area contributed by atoms with Crippen LogP contribution in [0, 0.1) is 0 Å². The summed E-state index contributed by atoms with van der Waals surface area (Å²) < 4.78 is 27.3. The monoisotopic (exact) mass is 264 g/mol. The summed E-state index contributed by atoms with van der Waals surface area (Å²) in [5.74, 6) is -1.07. The molecule has 0 bridgehead atoms. The number of carbonyl (C=O) groups excluding carboxylic acids is 1. The zero-order chi connectivity index (χ0) is 12.5. The van der Waals surface area contributed by atoms with Crippen LogP contribution in [0.1, 0.15) is 10.4 Å². The van der Waals surface area contributed by atoms with Gasteiger partial charge in [-0.15, -0.1) is 0 Å². The van der Waals surface area contributed by atoms with Crippen LogP contribution in [0.5, 0.6) is 5.75 Å². The summed E-state index contributed by atoms with van der Waals surface area (Å²) in [6.07, 6.45) is 0. The Morgan fingerprint density at radius 1 is 1.44 bits per heavy atom. The molecule has 0 fully saturated rings. The summed E-state index contributed by atoms with van der Waals surface area (Å²) >= 11 is 5.65. The molecule has 8 heteroatoms. The van der Waals surface area contributed by atoms with Crippen LogP contribution in [0.25, 0.3) is 0 Å². The highest BCUT2D eigenvalue weighted by atomic mass is 35.5. The van der Waals surface area contributed by atoms with Gasteiger partial charge in [-0.25, -0.2) is 13.6 Å². The van der Waals surface area contributed by atoms with Crippen LogP contribution in [0.2, 0.25) is 5.02 Å². The molecule has 1 aromatic carbocycles. The van der Waals surface area contributed by atoms with E-state index in [9.17, 15) is 13.2 Å². The van der Waals surface area contributed by atoms with E-state index in [-0.39, 0.29) is 21.2 Å². The molecule has 0 aliphatic rings. The quantitative estimate of drug-likeness (QED) is 0.806. The van der Waals surface area contributed by atoms with E-state index in [1.54, 1.807) is 0 Å². The number of amides is 1. The topological polar surface area (TPSA) is 112 Å². The Kier molecular flexibility index (Phi) is 3.41. The standard InChI is InChI=1S/C8H9ClN2O4S/c1-15-7-5(8(10)12)2-4(9)3-6(7)16(11,13)14/h2-3H,1H3,(H2,10,12)(H2,11,13,14). The van der Waals surface area contributed by atoms with Gasteiger partial charge in [0, 0.05) is 5.02 Å². The summed E-state index contributed by atoms with van der Waals surface area (Å²) in [4.78, 5) is 10.7. The SMILES string of the molecule is COc1c(C(N)=O)cc(Cl)cc1S(N)(=O)=O. The van der Waals surface area contributed by atoms with Gasteiger partial charge in [0.1, 0.15) is 4.90 Å². The zero-order valence-corrected chi connectivity index (χ0v) is 9.80. The molecule has 1 amide bonds. The third-order valence-electron chi connectivity index (χ3n) is 1.80. The number of carbonyl (C=O) groups is 1. The summed E-state index contributed by atoms with van der Waals surface area (Å²) in [7, 11) is -2.84. The number of benzene rings is 1. The maximum absolute atomic E-state index is 11.2. The Morgan fingerprint density at radius 2 is 2.00 bits per heavy atom. The minimum Gasteiger partial charge on any atom is -0.494 e. The first-order chi connectivity index (χ1) is 7.27. The fourth-order valence-electron chi connectivity index (χ4n) is 1.17. The van der Waals surface area contributed by atoms with Crippen molar-refractivity contribution in [3.8, 4) is 5.75 Å². The van der Waals surface area contributed by atoms with E-state index >= 15 is 0 Å². The summed E-state index contributed by atoms with van der Waals surface area (Å²) in [6, 6.07) is 2.29. The number of halogens is 1. The molecule has 0 heterocycles. The van der Waals surface area contributed by atoms with Gasteiger partial charge in [-0.1, -0.05) is 11.6 Å². The number of primary sulfonamides is 1. The molecule has 16 heavy (non-hydrogen) atoms. The largest absolute Gasteiger partial charge is 0.494 e. The first-order valence-electron chi connectivity index (χ1n) is 3.97. The van der Waals surface area contributed by atoms with Crippen molar-refractivity contribution in [2.45, 2.75) is 4.90 Å². The average Bonchev–Trinajstić information content (AvgIpc) is 2.14. The van der Waals surface area contributed by atoms with Crippen molar-refractivity contribution in [1.82, 2.24) is 0 Å². The molecule has 0 aliphatic heterocycles. The van der Waals surface area contributed by atoms with Crippen LogP contribution in [-0.4, -0.2) is 21.4 Å². The van der Waals surface area contributed by atoms with E-state index in [2.05, 4.69) is 0 Å². The minimum atomic E-state index is -4.04. The number of sulfonamides is 1. The van der Waals surface area contributed by atoms with Gasteiger partial charge in [-0.2, -0.15) is 0 Å². The van der Waals surface area contributed by atoms with Crippen molar-refractivity contribution in [2.24, 2.45) is 10.9 Å². The molecule has 0 saturated carbocycles. The smallest absolute Gasteiger partial charge is 0.252 e. The third-order valence-corrected chi connectivity index (χ3v) is 2.93. The highest BCUT2D eigenvalue weighted by Crippen LogP contribution is 2.30. The summed E-state index contributed by atoms with van der Waals surface area (Å²) in [5.41, 5.74) is 4.92. The third kappa shape index (κ3) is 2.43. The number of primary amides is 1. The van der Waals surface area contributed by atoms with Crippen LogP contribution < -0.4 is 15.6 Å². The Bertz CT molecular complexity index is 541. The Labute approximate surface area is 97.2 Å². The molecule has 0 spiro atoms. The van der Waals surface area contributed by atoms with Gasteiger partial charge in [0.2, 0.25) is 10.0 Å². The molecular formula is C8H9ClN2O4S. The number of nitrogens with two attached hydrogens (primary N) is 2. The second-order valence-electron chi connectivity index (χ2n) is 2.89. The molecule has 88 valence electrons. The van der Waals surface area contributed by atoms with Crippen molar-refractivity contribution in [3.63, 3.8) is 0 Å². The Morgan fingerprint density at radius 3 is 2.38 bits per heavy atom. The van der Waals surface area contributed by atoms with Gasteiger partial charge in [0.15, 0.2) is 5.75 Å². The molecule has 0 saturated heterocycles. The Hall–Kier alpha value is -1.31. The number of hydrogen-bond donors (Lipinski definition) is 2. The van der Waals surface area contributed by atoms with Crippen molar-refractivity contribution >= 4 is 27.5 Å². The second kappa shape index (κ2) is 4.28. The maximum atomic E-state index is 11.2. The number of rotatable bonds is 3. The second-order valence-corrected chi connectivity index (χ2v) is 4.86. The van der Waals surface area contributed by atoms with E-state index < -0.39 is 15.9 Å². The van der Waals surface area contributed by atoms with E-state index in [0.29, 0.717) is 0 Å². The molecule has 1 rings (SSSR count). The van der Waals surface area contributed by atoms with Crippen molar-refractivity contribution < 1.29 is 17.9 Å². The molecular weight excluding hydrogens is 256 g/mol. The van der Waals surface area contributed by atoms with Crippen molar-refractivity contribution in [1.29, 1.82) is 0 Å². The van der Waals surface area contributed by atoms with Crippen LogP contribution in [-0.2, 0) is 10.0 Å². The lowest BCUT2D eigenvalue weighted by atomic mass is 10.2. The highest BCUT2D eigenvalue weighted by Gasteiger charge is 2.22. The number of hydrogen-bond acceptors (Lipinski definition) is 4. The van der Waals surface area contributed by atoms with E-state index in [1.165, 1.54) is 13.2 Å². The predicted octanol–water partition coefficient (Wildman–Crippen LogP) is 0.0949. The van der Waals surface area contributed by atoms with Crippen molar-refractivity contribution in [2.75, 3.05) is 7.11 Å². The highest BCUT2D eigenvalue weighted by molar-refractivity contribution is 7.89. The molecule has 6 nitrogen and oxygen atoms in total. The van der Waals surface area contributed by atoms with E-state index in [4.69, 9.17) is 27.2 Å². The molecule has 4 N–H and O–H groups in total. The van der Waals surface area contributed by atoms with Gasteiger partial charge in [-0.3, -0.25) is 4.79 Å². The summed E-state index contributed by atoms with van der Waals surface area (Å²) in [6.45, 7) is 0. The summed E-state index contributed by atoms with van der Waals surface area (Å²) in [5, 5.41) is 4.98.